The third kappa shape index (κ3) is 4.45. The van der Waals surface area contributed by atoms with Gasteiger partial charge in [-0.2, -0.15) is 0 Å². The zero-order valence-electron chi connectivity index (χ0n) is 13.0. The maximum atomic E-state index is 12.3. The van der Waals surface area contributed by atoms with Crippen LogP contribution in [-0.2, 0) is 16.1 Å². The Morgan fingerprint density at radius 1 is 1.48 bits per heavy atom. The van der Waals surface area contributed by atoms with Gasteiger partial charge < -0.3 is 15.5 Å². The Kier molecular flexibility index (Phi) is 5.51. The second-order valence-corrected chi connectivity index (χ2v) is 7.12. The van der Waals surface area contributed by atoms with E-state index in [0.717, 1.165) is 36.7 Å². The van der Waals surface area contributed by atoms with E-state index in [-0.39, 0.29) is 23.8 Å². The van der Waals surface area contributed by atoms with Crippen LogP contribution in [0.3, 0.4) is 0 Å². The zero-order valence-corrected chi connectivity index (χ0v) is 13.8. The molecule has 3 rings (SSSR count). The Morgan fingerprint density at radius 3 is 3.13 bits per heavy atom. The molecule has 0 bridgehead atoms. The molecule has 0 radical (unpaired) electrons. The maximum absolute atomic E-state index is 12.3. The Labute approximate surface area is 140 Å². The fourth-order valence-electron chi connectivity index (χ4n) is 3.00. The number of hydrogen-bond acceptors (Lipinski definition) is 5. The predicted octanol–water partition coefficient (Wildman–Crippen LogP) is 0.599. The van der Waals surface area contributed by atoms with Crippen LogP contribution in [0.25, 0.3) is 0 Å². The van der Waals surface area contributed by atoms with Gasteiger partial charge in [-0.1, -0.05) is 6.07 Å². The number of nitrogens with zero attached hydrogens (tertiary/aromatic N) is 2. The number of carbonyl (C=O) groups excluding carboxylic acids is 2. The third-order valence-corrected chi connectivity index (χ3v) is 5.24. The monoisotopic (exact) mass is 334 g/mol. The minimum absolute atomic E-state index is 0.0329. The molecule has 1 unspecified atom stereocenters. The van der Waals surface area contributed by atoms with E-state index in [4.69, 9.17) is 0 Å². The molecular formula is C16H22N4O2S. The summed E-state index contributed by atoms with van der Waals surface area (Å²) in [5.41, 5.74) is 0.991. The molecule has 2 aliphatic heterocycles. The normalized spacial score (nSPS) is 23.9. The Balaban J connectivity index is 1.40. The van der Waals surface area contributed by atoms with E-state index < -0.39 is 0 Å². The molecule has 6 nitrogen and oxygen atoms in total. The highest BCUT2D eigenvalue weighted by atomic mass is 32.2. The van der Waals surface area contributed by atoms with Crippen molar-refractivity contribution in [2.24, 2.45) is 5.92 Å². The molecule has 23 heavy (non-hydrogen) atoms. The number of hydrogen-bond donors (Lipinski definition) is 2. The molecule has 2 fully saturated rings. The zero-order chi connectivity index (χ0) is 16.1. The predicted molar refractivity (Wildman–Crippen MR) is 89.6 cm³/mol. The third-order valence-electron chi connectivity index (χ3n) is 4.27. The number of aromatic nitrogens is 1. The lowest BCUT2D eigenvalue weighted by molar-refractivity contribution is -0.131. The van der Waals surface area contributed by atoms with Crippen molar-refractivity contribution in [3.63, 3.8) is 0 Å². The molecule has 2 saturated heterocycles. The topological polar surface area (TPSA) is 74.3 Å². The fourth-order valence-corrected chi connectivity index (χ4v) is 3.95. The summed E-state index contributed by atoms with van der Waals surface area (Å²) < 4.78 is 0. The SMILES string of the molecule is O=C(CC1CN[C@H](C(=O)N2CCSC2)C1)NCc1cccnc1. The van der Waals surface area contributed by atoms with Gasteiger partial charge >= 0.3 is 0 Å². The standard InChI is InChI=1S/C16H22N4O2S/c21-15(19-9-12-2-1-3-17-8-12)7-13-6-14(18-10-13)16(22)20-4-5-23-11-20/h1-3,8,13-14,18H,4-7,9-11H2,(H,19,21)/t13?,14-/m0/s1. The summed E-state index contributed by atoms with van der Waals surface area (Å²) in [4.78, 5) is 30.3. The van der Waals surface area contributed by atoms with E-state index in [1.54, 1.807) is 24.2 Å². The number of rotatable bonds is 5. The lowest BCUT2D eigenvalue weighted by Crippen LogP contribution is -2.42. The summed E-state index contributed by atoms with van der Waals surface area (Å²) >= 11 is 1.79. The molecule has 0 aliphatic carbocycles. The quantitative estimate of drug-likeness (QED) is 0.825. The van der Waals surface area contributed by atoms with Crippen LogP contribution >= 0.6 is 11.8 Å². The van der Waals surface area contributed by atoms with Crippen molar-refractivity contribution in [1.29, 1.82) is 0 Å². The summed E-state index contributed by atoms with van der Waals surface area (Å²) in [5, 5.41) is 6.19. The van der Waals surface area contributed by atoms with Gasteiger partial charge in [0.2, 0.25) is 11.8 Å². The highest BCUT2D eigenvalue weighted by Gasteiger charge is 2.34. The molecule has 2 aliphatic rings. The Hall–Kier alpha value is -1.60. The van der Waals surface area contributed by atoms with Crippen molar-refractivity contribution in [2.75, 3.05) is 24.7 Å². The van der Waals surface area contributed by atoms with Crippen molar-refractivity contribution < 1.29 is 9.59 Å². The van der Waals surface area contributed by atoms with Crippen molar-refractivity contribution in [3.05, 3.63) is 30.1 Å². The molecule has 1 aromatic rings. The number of pyridine rings is 1. The number of amides is 2. The Morgan fingerprint density at radius 2 is 2.39 bits per heavy atom. The van der Waals surface area contributed by atoms with Crippen LogP contribution in [0.1, 0.15) is 18.4 Å². The molecule has 7 heteroatoms. The van der Waals surface area contributed by atoms with E-state index in [1.807, 2.05) is 17.0 Å². The van der Waals surface area contributed by atoms with E-state index in [1.165, 1.54) is 0 Å². The molecule has 3 heterocycles. The van der Waals surface area contributed by atoms with Crippen LogP contribution in [0.5, 0.6) is 0 Å². The van der Waals surface area contributed by atoms with Gasteiger partial charge in [0, 0.05) is 37.7 Å². The fraction of sp³-hybridized carbons (Fsp3) is 0.562. The number of carbonyl (C=O) groups is 2. The highest BCUT2D eigenvalue weighted by Crippen LogP contribution is 2.22. The first kappa shape index (κ1) is 16.3. The average molecular weight is 334 g/mol. The van der Waals surface area contributed by atoms with Crippen LogP contribution in [0.2, 0.25) is 0 Å². The number of nitrogens with one attached hydrogen (secondary N) is 2. The van der Waals surface area contributed by atoms with E-state index in [9.17, 15) is 9.59 Å². The summed E-state index contributed by atoms with van der Waals surface area (Å²) in [5.74, 6) is 2.28. The summed E-state index contributed by atoms with van der Waals surface area (Å²) in [6.07, 6.45) is 4.68. The first-order valence-corrected chi connectivity index (χ1v) is 9.13. The molecule has 1 aromatic heterocycles. The minimum atomic E-state index is -0.121. The molecular weight excluding hydrogens is 312 g/mol. The lowest BCUT2D eigenvalue weighted by Gasteiger charge is -2.19. The lowest BCUT2D eigenvalue weighted by atomic mass is 10.0. The van der Waals surface area contributed by atoms with Crippen molar-refractivity contribution >= 4 is 23.6 Å². The van der Waals surface area contributed by atoms with Crippen LogP contribution in [0.15, 0.2) is 24.5 Å². The van der Waals surface area contributed by atoms with Crippen LogP contribution in [0, 0.1) is 5.92 Å². The minimum Gasteiger partial charge on any atom is -0.352 e. The maximum Gasteiger partial charge on any atom is 0.240 e. The van der Waals surface area contributed by atoms with Crippen LogP contribution in [-0.4, -0.2) is 52.5 Å². The van der Waals surface area contributed by atoms with Gasteiger partial charge in [0.05, 0.1) is 11.9 Å². The highest BCUT2D eigenvalue weighted by molar-refractivity contribution is 7.99. The van der Waals surface area contributed by atoms with Crippen molar-refractivity contribution in [1.82, 2.24) is 20.5 Å². The summed E-state index contributed by atoms with van der Waals surface area (Å²) in [7, 11) is 0. The smallest absolute Gasteiger partial charge is 0.240 e. The molecule has 0 aromatic carbocycles. The average Bonchev–Trinajstić information content (AvgIpc) is 3.25. The van der Waals surface area contributed by atoms with Crippen molar-refractivity contribution in [3.8, 4) is 0 Å². The number of thioether (sulfide) groups is 1. The molecule has 124 valence electrons. The molecule has 2 atom stereocenters. The summed E-state index contributed by atoms with van der Waals surface area (Å²) in [6.45, 7) is 2.08. The summed E-state index contributed by atoms with van der Waals surface area (Å²) in [6, 6.07) is 3.67. The second-order valence-electron chi connectivity index (χ2n) is 6.04. The van der Waals surface area contributed by atoms with Gasteiger partial charge in [0.1, 0.15) is 0 Å². The van der Waals surface area contributed by atoms with E-state index >= 15 is 0 Å². The van der Waals surface area contributed by atoms with Gasteiger partial charge in [-0.3, -0.25) is 14.6 Å². The van der Waals surface area contributed by atoms with E-state index in [2.05, 4.69) is 15.6 Å². The van der Waals surface area contributed by atoms with E-state index in [0.29, 0.717) is 13.0 Å². The first-order valence-electron chi connectivity index (χ1n) is 7.98. The molecule has 0 saturated carbocycles. The second kappa shape index (κ2) is 7.79. The van der Waals surface area contributed by atoms with Crippen LogP contribution < -0.4 is 10.6 Å². The molecule has 2 N–H and O–H groups in total. The molecule has 2 amide bonds. The van der Waals surface area contributed by atoms with Gasteiger partial charge in [0.25, 0.3) is 0 Å². The largest absolute Gasteiger partial charge is 0.352 e. The molecule has 0 spiro atoms. The van der Waals surface area contributed by atoms with Crippen LogP contribution in [0.4, 0.5) is 0 Å². The van der Waals surface area contributed by atoms with Crippen molar-refractivity contribution in [2.45, 2.75) is 25.4 Å². The first-order chi connectivity index (χ1) is 11.2. The van der Waals surface area contributed by atoms with Gasteiger partial charge in [0.15, 0.2) is 0 Å². The van der Waals surface area contributed by atoms with Gasteiger partial charge in [-0.05, 0) is 30.5 Å². The van der Waals surface area contributed by atoms with Gasteiger partial charge in [-0.15, -0.1) is 11.8 Å². The van der Waals surface area contributed by atoms with Gasteiger partial charge in [-0.25, -0.2) is 0 Å². The Bertz CT molecular complexity index is 548.